The molecule has 0 aliphatic heterocycles. The largest absolute Gasteiger partial charge is 0.283 e. The van der Waals surface area contributed by atoms with Crippen molar-refractivity contribution in [3.05, 3.63) is 60.7 Å². The van der Waals surface area contributed by atoms with Crippen LogP contribution in [-0.4, -0.2) is 5.91 Å². The average molecular weight is 275 g/mol. The first-order valence-electron chi connectivity index (χ1n) is 5.79. The molecule has 0 radical (unpaired) electrons. The normalized spacial score (nSPS) is 11.0. The minimum Gasteiger partial charge on any atom is -0.280 e. The molecule has 5 heteroatoms. The zero-order chi connectivity index (χ0) is 13.7. The molecule has 98 valence electrons. The van der Waals surface area contributed by atoms with Crippen molar-refractivity contribution in [2.75, 3.05) is 0 Å². The van der Waals surface area contributed by atoms with Crippen molar-refractivity contribution < 1.29 is 14.0 Å². The summed E-state index contributed by atoms with van der Waals surface area (Å²) in [5.74, 6) is -0.396. The van der Waals surface area contributed by atoms with E-state index in [-0.39, 0.29) is 0 Å². The Balaban J connectivity index is 2.45. The molecule has 2 rings (SSSR count). The Bertz CT molecular complexity index is 555. The minimum absolute atomic E-state index is 0.396. The lowest BCUT2D eigenvalue weighted by Gasteiger charge is -2.18. The summed E-state index contributed by atoms with van der Waals surface area (Å²) in [5.41, 5.74) is 2.18. The molecule has 2 aromatic carbocycles. The van der Waals surface area contributed by atoms with E-state index < -0.39 is 13.3 Å². The van der Waals surface area contributed by atoms with E-state index in [0.29, 0.717) is 10.6 Å². The minimum atomic E-state index is -3.31. The third-order valence-corrected chi connectivity index (χ3v) is 4.81. The summed E-state index contributed by atoms with van der Waals surface area (Å²) in [6, 6.07) is 17.7. The lowest BCUT2D eigenvalue weighted by Crippen LogP contribution is -2.27. The molecule has 0 aliphatic rings. The van der Waals surface area contributed by atoms with Crippen molar-refractivity contribution in [2.45, 2.75) is 6.92 Å². The topological polar surface area (TPSA) is 55.4 Å². The van der Waals surface area contributed by atoms with Gasteiger partial charge >= 0.3 is 0 Å². The number of nitrogens with one attached hydrogen (secondary N) is 1. The van der Waals surface area contributed by atoms with Gasteiger partial charge in [-0.05, 0) is 24.3 Å². The maximum atomic E-state index is 13.1. The van der Waals surface area contributed by atoms with Gasteiger partial charge in [-0.1, -0.05) is 36.4 Å². The molecule has 0 spiro atoms. The molecule has 0 aliphatic carbocycles. The zero-order valence-corrected chi connectivity index (χ0v) is 11.3. The third-order valence-electron chi connectivity index (χ3n) is 2.51. The molecule has 0 saturated carbocycles. The van der Waals surface area contributed by atoms with Gasteiger partial charge in [-0.25, -0.2) is 10.1 Å². The Morgan fingerprint density at radius 1 is 0.947 bits per heavy atom. The molecule has 0 bridgehead atoms. The van der Waals surface area contributed by atoms with Gasteiger partial charge in [0.05, 0.1) is 0 Å². The second kappa shape index (κ2) is 5.83. The number of rotatable bonds is 4. The summed E-state index contributed by atoms with van der Waals surface area (Å²) >= 11 is 0. The molecule has 0 aromatic heterocycles. The monoisotopic (exact) mass is 275 g/mol. The van der Waals surface area contributed by atoms with Gasteiger partial charge in [0.15, 0.2) is 0 Å². The number of amides is 1. The van der Waals surface area contributed by atoms with Crippen LogP contribution in [-0.2, 0) is 14.0 Å². The predicted molar refractivity (Wildman–Crippen MR) is 74.7 cm³/mol. The van der Waals surface area contributed by atoms with E-state index in [9.17, 15) is 9.36 Å². The van der Waals surface area contributed by atoms with Crippen LogP contribution in [0.2, 0.25) is 0 Å². The van der Waals surface area contributed by atoms with Crippen molar-refractivity contribution in [2.24, 2.45) is 0 Å². The van der Waals surface area contributed by atoms with Crippen LogP contribution in [0.3, 0.4) is 0 Å². The van der Waals surface area contributed by atoms with Crippen LogP contribution in [0.4, 0.5) is 0 Å². The highest BCUT2D eigenvalue weighted by atomic mass is 31.2. The van der Waals surface area contributed by atoms with E-state index in [2.05, 4.69) is 5.48 Å². The molecule has 0 heterocycles. The van der Waals surface area contributed by atoms with E-state index in [4.69, 9.17) is 4.62 Å². The van der Waals surface area contributed by atoms with Gasteiger partial charge in [0.1, 0.15) is 0 Å². The number of carbonyl (C=O) groups is 1. The predicted octanol–water partition coefficient (Wildman–Crippen LogP) is 1.98. The molecule has 0 atom stereocenters. The molecule has 1 amide bonds. The molecular weight excluding hydrogens is 261 g/mol. The standard InChI is InChI=1S/C14H14NO3P/c1-12(16)15-18-19(17,13-8-4-2-5-9-13)14-10-6-3-7-11-14/h2-11H,1H3,(H,15,16). The molecular formula is C14H14NO3P. The molecule has 2 aromatic rings. The van der Waals surface area contributed by atoms with E-state index >= 15 is 0 Å². The fourth-order valence-electron chi connectivity index (χ4n) is 1.63. The molecule has 19 heavy (non-hydrogen) atoms. The van der Waals surface area contributed by atoms with Crippen LogP contribution in [0, 0.1) is 0 Å². The highest BCUT2D eigenvalue weighted by molar-refractivity contribution is 7.74. The third kappa shape index (κ3) is 3.11. The summed E-state index contributed by atoms with van der Waals surface area (Å²) in [4.78, 5) is 11.0. The van der Waals surface area contributed by atoms with Gasteiger partial charge in [0, 0.05) is 17.5 Å². The fraction of sp³-hybridized carbons (Fsp3) is 0.0714. The van der Waals surface area contributed by atoms with Gasteiger partial charge in [-0.2, -0.15) is 0 Å². The average Bonchev–Trinajstić information content (AvgIpc) is 2.46. The maximum absolute atomic E-state index is 13.1. The number of carbonyl (C=O) groups excluding carboxylic acids is 1. The molecule has 4 nitrogen and oxygen atoms in total. The molecule has 0 fully saturated rings. The Labute approximate surface area is 111 Å². The number of hydroxylamine groups is 1. The van der Waals surface area contributed by atoms with Crippen LogP contribution in [0.5, 0.6) is 0 Å². The summed E-state index contributed by atoms with van der Waals surface area (Å²) < 4.78 is 18.3. The van der Waals surface area contributed by atoms with Gasteiger partial charge in [0.25, 0.3) is 7.37 Å². The lowest BCUT2D eigenvalue weighted by molar-refractivity contribution is -0.125. The summed E-state index contributed by atoms with van der Waals surface area (Å²) in [6.07, 6.45) is 0. The summed E-state index contributed by atoms with van der Waals surface area (Å²) in [7, 11) is -3.31. The van der Waals surface area contributed by atoms with Crippen molar-refractivity contribution in [3.63, 3.8) is 0 Å². The summed E-state index contributed by atoms with van der Waals surface area (Å²) in [5, 5.41) is 1.07. The number of benzene rings is 2. The molecule has 1 N–H and O–H groups in total. The first kappa shape index (κ1) is 13.5. The summed E-state index contributed by atoms with van der Waals surface area (Å²) in [6.45, 7) is 1.31. The van der Waals surface area contributed by atoms with Crippen molar-refractivity contribution >= 4 is 23.9 Å². The van der Waals surface area contributed by atoms with Crippen LogP contribution in [0.1, 0.15) is 6.92 Å². The first-order chi connectivity index (χ1) is 9.13. The second-order valence-electron chi connectivity index (χ2n) is 3.97. The number of hydrogen-bond donors (Lipinski definition) is 1. The molecule has 0 saturated heterocycles. The Morgan fingerprint density at radius 3 is 1.74 bits per heavy atom. The van der Waals surface area contributed by atoms with Crippen LogP contribution >= 0.6 is 7.37 Å². The molecule has 0 unspecified atom stereocenters. The zero-order valence-electron chi connectivity index (χ0n) is 10.4. The Morgan fingerprint density at radius 2 is 1.37 bits per heavy atom. The van der Waals surface area contributed by atoms with Crippen LogP contribution in [0.15, 0.2) is 60.7 Å². The van der Waals surface area contributed by atoms with Crippen molar-refractivity contribution in [3.8, 4) is 0 Å². The van der Waals surface area contributed by atoms with E-state index in [1.807, 2.05) is 12.1 Å². The van der Waals surface area contributed by atoms with Gasteiger partial charge < -0.3 is 0 Å². The lowest BCUT2D eigenvalue weighted by atomic mass is 10.4. The van der Waals surface area contributed by atoms with Gasteiger partial charge in [-0.3, -0.25) is 9.36 Å². The smallest absolute Gasteiger partial charge is 0.280 e. The van der Waals surface area contributed by atoms with Crippen LogP contribution < -0.4 is 16.1 Å². The Kier molecular flexibility index (Phi) is 4.15. The van der Waals surface area contributed by atoms with Gasteiger partial charge in [-0.15, -0.1) is 0 Å². The SMILES string of the molecule is CC(=O)NOP(=O)(c1ccccc1)c1ccccc1. The van der Waals surface area contributed by atoms with Crippen molar-refractivity contribution in [1.82, 2.24) is 5.48 Å². The van der Waals surface area contributed by atoms with E-state index in [1.165, 1.54) is 6.92 Å². The second-order valence-corrected chi connectivity index (χ2v) is 6.29. The highest BCUT2D eigenvalue weighted by Gasteiger charge is 2.29. The highest BCUT2D eigenvalue weighted by Crippen LogP contribution is 2.43. The van der Waals surface area contributed by atoms with Crippen LogP contribution in [0.25, 0.3) is 0 Å². The fourth-order valence-corrected chi connectivity index (χ4v) is 3.53. The number of hydrogen-bond acceptors (Lipinski definition) is 3. The van der Waals surface area contributed by atoms with Gasteiger partial charge in [0.2, 0.25) is 5.91 Å². The maximum Gasteiger partial charge on any atom is 0.283 e. The Hall–Kier alpha value is -1.90. The van der Waals surface area contributed by atoms with E-state index in [0.717, 1.165) is 0 Å². The van der Waals surface area contributed by atoms with E-state index in [1.54, 1.807) is 48.5 Å². The first-order valence-corrected chi connectivity index (χ1v) is 7.42. The quantitative estimate of drug-likeness (QED) is 0.685. The van der Waals surface area contributed by atoms with Crippen molar-refractivity contribution in [1.29, 1.82) is 0 Å².